The number of fused-ring (bicyclic) bond motifs is 1. The van der Waals surface area contributed by atoms with Crippen molar-refractivity contribution in [2.45, 2.75) is 24.4 Å². The molecule has 4 rings (SSSR count). The van der Waals surface area contributed by atoms with E-state index in [-0.39, 0.29) is 42.1 Å². The fourth-order valence-electron chi connectivity index (χ4n) is 3.18. The number of aliphatic hydroxyl groups is 1. The van der Waals surface area contributed by atoms with Gasteiger partial charge in [-0.1, -0.05) is 24.2 Å². The maximum Gasteiger partial charge on any atom is 0.247 e. The Morgan fingerprint density at radius 2 is 2.10 bits per heavy atom. The van der Waals surface area contributed by atoms with Crippen LogP contribution < -0.4 is 15.4 Å². The Balaban J connectivity index is 1.47. The largest absolute Gasteiger partial charge is 0.468 e. The minimum atomic E-state index is -0.666. The Kier molecular flexibility index (Phi) is 5.63. The smallest absolute Gasteiger partial charge is 0.247 e. The molecule has 0 unspecified atom stereocenters. The second-order valence-electron chi connectivity index (χ2n) is 6.57. The van der Waals surface area contributed by atoms with Crippen molar-refractivity contribution in [2.75, 3.05) is 23.8 Å². The molecular weight excluding hydrogens is 400 g/mol. The van der Waals surface area contributed by atoms with Crippen LogP contribution in [0, 0.1) is 0 Å². The average Bonchev–Trinajstić information content (AvgIpc) is 3.28. The Hall–Kier alpha value is -2.72. The molecular formula is C19H19ClN4O5. The van der Waals surface area contributed by atoms with Gasteiger partial charge >= 0.3 is 0 Å². The van der Waals surface area contributed by atoms with Gasteiger partial charge < -0.3 is 30.0 Å². The summed E-state index contributed by atoms with van der Waals surface area (Å²) < 4.78 is 17.0. The number of rotatable bonds is 6. The number of carbonyl (C=O) groups is 1. The first-order chi connectivity index (χ1) is 14.0. The molecule has 2 saturated heterocycles. The van der Waals surface area contributed by atoms with Crippen LogP contribution in [0.15, 0.2) is 43.1 Å². The predicted octanol–water partition coefficient (Wildman–Crippen LogP) is 1.90. The Morgan fingerprint density at radius 3 is 2.93 bits per heavy atom. The summed E-state index contributed by atoms with van der Waals surface area (Å²) in [6.07, 6.45) is 0.726. The Bertz CT molecular complexity index is 927. The van der Waals surface area contributed by atoms with Crippen molar-refractivity contribution in [1.82, 2.24) is 9.97 Å². The number of hydrogen-bond donors (Lipinski definition) is 3. The molecule has 152 valence electrons. The number of nitrogens with one attached hydrogen (secondary N) is 2. The fraction of sp³-hybridized carbons (Fsp3) is 0.316. The predicted molar refractivity (Wildman–Crippen MR) is 105 cm³/mol. The molecule has 0 radical (unpaired) electrons. The van der Waals surface area contributed by atoms with Gasteiger partial charge in [-0.3, -0.25) is 4.79 Å². The van der Waals surface area contributed by atoms with Crippen molar-refractivity contribution in [1.29, 1.82) is 0 Å². The number of carbonyl (C=O) groups excluding carboxylic acids is 1. The van der Waals surface area contributed by atoms with Gasteiger partial charge in [-0.15, -0.1) is 0 Å². The highest BCUT2D eigenvalue weighted by atomic mass is 35.5. The van der Waals surface area contributed by atoms with E-state index in [0.717, 1.165) is 0 Å². The highest BCUT2D eigenvalue weighted by Gasteiger charge is 2.48. The van der Waals surface area contributed by atoms with Gasteiger partial charge in [-0.2, -0.15) is 4.98 Å². The molecule has 0 aliphatic carbocycles. The van der Waals surface area contributed by atoms with Gasteiger partial charge in [0.25, 0.3) is 0 Å². The molecule has 1 amide bonds. The number of aliphatic hydroxyl groups excluding tert-OH is 1. The molecule has 1 aromatic heterocycles. The standard InChI is InChI=1S/C19H19ClN4O5/c1-2-15(26)22-10-4-3-5-11(6-10)23-19-21-7-12(20)18(24-19)29-14-9-28-16-13(25)8-27-17(14)16/h2-7,13-14,16-17,25H,1,8-9H2,(H,22,26)(H,21,23,24)/t13-,14-,16-,17-/m1/s1. The van der Waals surface area contributed by atoms with Crippen molar-refractivity contribution in [3.05, 3.63) is 48.1 Å². The third kappa shape index (κ3) is 4.33. The minimum absolute atomic E-state index is 0.180. The SMILES string of the molecule is C=CC(=O)Nc1cccc(Nc2ncc(Cl)c(O[C@@H]3CO[C@H]4[C@@H]3OC[C@H]4O)n2)c1. The van der Waals surface area contributed by atoms with Crippen LogP contribution in [0.1, 0.15) is 0 Å². The monoisotopic (exact) mass is 418 g/mol. The number of anilines is 3. The highest BCUT2D eigenvalue weighted by molar-refractivity contribution is 6.31. The summed E-state index contributed by atoms with van der Waals surface area (Å²) in [7, 11) is 0. The molecule has 2 aromatic rings. The van der Waals surface area contributed by atoms with Crippen molar-refractivity contribution < 1.29 is 24.1 Å². The Labute approximate surface area is 171 Å². The minimum Gasteiger partial charge on any atom is -0.468 e. The normalized spacial score (nSPS) is 25.3. The van der Waals surface area contributed by atoms with Crippen molar-refractivity contribution in [2.24, 2.45) is 0 Å². The van der Waals surface area contributed by atoms with Crippen LogP contribution in [0.25, 0.3) is 0 Å². The summed E-state index contributed by atoms with van der Waals surface area (Å²) in [4.78, 5) is 19.9. The van der Waals surface area contributed by atoms with E-state index < -0.39 is 18.3 Å². The zero-order chi connectivity index (χ0) is 20.4. The first-order valence-corrected chi connectivity index (χ1v) is 9.32. The number of ether oxygens (including phenoxy) is 3. The Morgan fingerprint density at radius 1 is 1.31 bits per heavy atom. The molecule has 3 N–H and O–H groups in total. The second kappa shape index (κ2) is 8.34. The molecule has 1 aromatic carbocycles. The first kappa shape index (κ1) is 19.6. The van der Waals surface area contributed by atoms with Crippen molar-refractivity contribution >= 4 is 34.8 Å². The van der Waals surface area contributed by atoms with E-state index in [1.807, 2.05) is 0 Å². The maximum atomic E-state index is 11.5. The zero-order valence-electron chi connectivity index (χ0n) is 15.2. The van der Waals surface area contributed by atoms with Gasteiger partial charge in [0.15, 0.2) is 6.10 Å². The summed E-state index contributed by atoms with van der Waals surface area (Å²) in [5.41, 5.74) is 1.25. The highest BCUT2D eigenvalue weighted by Crippen LogP contribution is 2.32. The number of aromatic nitrogens is 2. The lowest BCUT2D eigenvalue weighted by atomic mass is 10.1. The summed E-state index contributed by atoms with van der Waals surface area (Å²) in [6.45, 7) is 3.90. The molecule has 3 heterocycles. The van der Waals surface area contributed by atoms with E-state index >= 15 is 0 Å². The summed E-state index contributed by atoms with van der Waals surface area (Å²) >= 11 is 6.18. The summed E-state index contributed by atoms with van der Waals surface area (Å²) in [6, 6.07) is 7.04. The summed E-state index contributed by atoms with van der Waals surface area (Å²) in [5.74, 6) is 0.135. The van der Waals surface area contributed by atoms with Crippen LogP contribution in [0.5, 0.6) is 5.88 Å². The molecule has 2 aliphatic heterocycles. The first-order valence-electron chi connectivity index (χ1n) is 8.94. The van der Waals surface area contributed by atoms with E-state index in [9.17, 15) is 9.90 Å². The van der Waals surface area contributed by atoms with Crippen LogP contribution in [-0.4, -0.2) is 58.6 Å². The number of hydrogen-bond acceptors (Lipinski definition) is 8. The molecule has 2 fully saturated rings. The lowest BCUT2D eigenvalue weighted by molar-refractivity contribution is -0.111. The van der Waals surface area contributed by atoms with E-state index in [1.54, 1.807) is 24.3 Å². The molecule has 0 spiro atoms. The van der Waals surface area contributed by atoms with E-state index in [0.29, 0.717) is 11.4 Å². The quantitative estimate of drug-likeness (QED) is 0.609. The van der Waals surface area contributed by atoms with Gasteiger partial charge in [0.05, 0.1) is 19.4 Å². The third-order valence-electron chi connectivity index (χ3n) is 4.53. The van der Waals surface area contributed by atoms with E-state index in [2.05, 4.69) is 27.2 Å². The summed E-state index contributed by atoms with van der Waals surface area (Å²) in [5, 5.41) is 15.8. The van der Waals surface area contributed by atoms with Crippen molar-refractivity contribution in [3.8, 4) is 5.88 Å². The topological polar surface area (TPSA) is 115 Å². The van der Waals surface area contributed by atoms with Crippen LogP contribution in [0.2, 0.25) is 5.02 Å². The van der Waals surface area contributed by atoms with Crippen LogP contribution in [0.4, 0.5) is 17.3 Å². The van der Waals surface area contributed by atoms with Gasteiger partial charge in [0, 0.05) is 11.4 Å². The van der Waals surface area contributed by atoms with Crippen LogP contribution >= 0.6 is 11.6 Å². The molecule has 4 atom stereocenters. The zero-order valence-corrected chi connectivity index (χ0v) is 16.0. The maximum absolute atomic E-state index is 11.5. The second-order valence-corrected chi connectivity index (χ2v) is 6.97. The van der Waals surface area contributed by atoms with Gasteiger partial charge in [0.1, 0.15) is 23.3 Å². The van der Waals surface area contributed by atoms with E-state index in [1.165, 1.54) is 12.3 Å². The molecule has 0 bridgehead atoms. The van der Waals surface area contributed by atoms with Gasteiger partial charge in [-0.05, 0) is 24.3 Å². The van der Waals surface area contributed by atoms with Crippen molar-refractivity contribution in [3.63, 3.8) is 0 Å². The number of nitrogens with zero attached hydrogens (tertiary/aromatic N) is 2. The number of benzene rings is 1. The molecule has 2 aliphatic rings. The molecule has 0 saturated carbocycles. The molecule has 10 heteroatoms. The number of halogens is 1. The van der Waals surface area contributed by atoms with E-state index in [4.69, 9.17) is 25.8 Å². The van der Waals surface area contributed by atoms with Crippen LogP contribution in [-0.2, 0) is 14.3 Å². The lowest BCUT2D eigenvalue weighted by Crippen LogP contribution is -2.34. The third-order valence-corrected chi connectivity index (χ3v) is 4.79. The molecule has 29 heavy (non-hydrogen) atoms. The molecule has 9 nitrogen and oxygen atoms in total. The lowest BCUT2D eigenvalue weighted by Gasteiger charge is -2.18. The van der Waals surface area contributed by atoms with Gasteiger partial charge in [-0.25, -0.2) is 4.98 Å². The number of amides is 1. The van der Waals surface area contributed by atoms with Crippen LogP contribution in [0.3, 0.4) is 0 Å². The van der Waals surface area contributed by atoms with Gasteiger partial charge in [0.2, 0.25) is 17.7 Å². The average molecular weight is 419 g/mol. The fourth-order valence-corrected chi connectivity index (χ4v) is 3.32.